The Kier molecular flexibility index (Phi) is 3.42. The third-order valence-corrected chi connectivity index (χ3v) is 3.39. The fraction of sp³-hybridized carbons (Fsp3) is 1.00. The van der Waals surface area contributed by atoms with Crippen molar-refractivity contribution in [3.63, 3.8) is 0 Å². The van der Waals surface area contributed by atoms with Crippen LogP contribution < -0.4 is 0 Å². The summed E-state index contributed by atoms with van der Waals surface area (Å²) >= 11 is 0. The standard InChI is InChI=1S/C11H20O3/c1-8-5-10(7-14-8)11(12)9-3-2-4-13-6-9/h8-12H,2-7H2,1H3. The number of aliphatic hydroxyl groups is 1. The zero-order valence-electron chi connectivity index (χ0n) is 8.82. The number of rotatable bonds is 2. The molecule has 0 aliphatic carbocycles. The Morgan fingerprint density at radius 1 is 1.29 bits per heavy atom. The van der Waals surface area contributed by atoms with E-state index in [0.29, 0.717) is 17.9 Å². The number of hydrogen-bond acceptors (Lipinski definition) is 3. The van der Waals surface area contributed by atoms with Gasteiger partial charge in [-0.1, -0.05) is 0 Å². The minimum atomic E-state index is -0.222. The monoisotopic (exact) mass is 200 g/mol. The Morgan fingerprint density at radius 3 is 2.71 bits per heavy atom. The summed E-state index contributed by atoms with van der Waals surface area (Å²) in [5.74, 6) is 0.666. The summed E-state index contributed by atoms with van der Waals surface area (Å²) in [7, 11) is 0. The van der Waals surface area contributed by atoms with E-state index in [-0.39, 0.29) is 6.10 Å². The zero-order valence-corrected chi connectivity index (χ0v) is 8.82. The molecule has 14 heavy (non-hydrogen) atoms. The molecular formula is C11H20O3. The van der Waals surface area contributed by atoms with Gasteiger partial charge in [-0.25, -0.2) is 0 Å². The molecule has 0 aromatic carbocycles. The Hall–Kier alpha value is -0.120. The van der Waals surface area contributed by atoms with Crippen LogP contribution in [-0.2, 0) is 9.47 Å². The summed E-state index contributed by atoms with van der Waals surface area (Å²) in [6, 6.07) is 0. The van der Waals surface area contributed by atoms with Crippen molar-refractivity contribution in [1.82, 2.24) is 0 Å². The Morgan fingerprint density at radius 2 is 2.14 bits per heavy atom. The maximum absolute atomic E-state index is 10.1. The molecule has 2 rings (SSSR count). The molecule has 2 aliphatic rings. The van der Waals surface area contributed by atoms with Crippen LogP contribution in [0.2, 0.25) is 0 Å². The van der Waals surface area contributed by atoms with E-state index in [2.05, 4.69) is 6.92 Å². The van der Waals surface area contributed by atoms with Crippen molar-refractivity contribution in [1.29, 1.82) is 0 Å². The minimum absolute atomic E-state index is 0.222. The third kappa shape index (κ3) is 2.27. The molecule has 1 N–H and O–H groups in total. The van der Waals surface area contributed by atoms with Gasteiger partial charge in [0, 0.05) is 18.4 Å². The van der Waals surface area contributed by atoms with E-state index in [1.165, 1.54) is 0 Å². The Labute approximate surface area is 85.4 Å². The smallest absolute Gasteiger partial charge is 0.0641 e. The first-order chi connectivity index (χ1) is 6.77. The van der Waals surface area contributed by atoms with Crippen molar-refractivity contribution in [3.05, 3.63) is 0 Å². The summed E-state index contributed by atoms with van der Waals surface area (Å²) in [6.07, 6.45) is 3.29. The lowest BCUT2D eigenvalue weighted by Gasteiger charge is -2.29. The molecule has 0 spiro atoms. The van der Waals surface area contributed by atoms with Gasteiger partial charge in [0.15, 0.2) is 0 Å². The lowest BCUT2D eigenvalue weighted by molar-refractivity contribution is -0.0342. The maximum Gasteiger partial charge on any atom is 0.0641 e. The van der Waals surface area contributed by atoms with Crippen LogP contribution in [0.15, 0.2) is 0 Å². The first-order valence-corrected chi connectivity index (χ1v) is 5.65. The molecule has 0 aromatic heterocycles. The molecule has 2 saturated heterocycles. The van der Waals surface area contributed by atoms with Crippen molar-refractivity contribution in [2.24, 2.45) is 11.8 Å². The predicted molar refractivity (Wildman–Crippen MR) is 53.1 cm³/mol. The van der Waals surface area contributed by atoms with Gasteiger partial charge in [0.1, 0.15) is 0 Å². The molecule has 3 nitrogen and oxygen atoms in total. The van der Waals surface area contributed by atoms with Crippen molar-refractivity contribution >= 4 is 0 Å². The number of hydrogen-bond donors (Lipinski definition) is 1. The van der Waals surface area contributed by atoms with E-state index < -0.39 is 0 Å². The summed E-state index contributed by atoms with van der Waals surface area (Å²) in [5, 5.41) is 10.1. The van der Waals surface area contributed by atoms with Gasteiger partial charge < -0.3 is 14.6 Å². The second-order valence-electron chi connectivity index (χ2n) is 4.61. The minimum Gasteiger partial charge on any atom is -0.392 e. The van der Waals surface area contributed by atoms with E-state index in [1.807, 2.05) is 0 Å². The third-order valence-electron chi connectivity index (χ3n) is 3.39. The quantitative estimate of drug-likeness (QED) is 0.728. The van der Waals surface area contributed by atoms with Crippen LogP contribution in [0.4, 0.5) is 0 Å². The highest BCUT2D eigenvalue weighted by molar-refractivity contribution is 4.82. The molecule has 0 radical (unpaired) electrons. The highest BCUT2D eigenvalue weighted by atomic mass is 16.5. The largest absolute Gasteiger partial charge is 0.392 e. The van der Waals surface area contributed by atoms with Crippen LogP contribution in [0.5, 0.6) is 0 Å². The van der Waals surface area contributed by atoms with Crippen molar-refractivity contribution in [2.75, 3.05) is 19.8 Å². The first kappa shape index (κ1) is 10.4. The van der Waals surface area contributed by atoms with Crippen LogP contribution in [0.3, 0.4) is 0 Å². The first-order valence-electron chi connectivity index (χ1n) is 5.65. The van der Waals surface area contributed by atoms with Gasteiger partial charge in [-0.15, -0.1) is 0 Å². The topological polar surface area (TPSA) is 38.7 Å². The molecule has 0 saturated carbocycles. The van der Waals surface area contributed by atoms with E-state index >= 15 is 0 Å². The average Bonchev–Trinajstić information content (AvgIpc) is 2.65. The second-order valence-corrected chi connectivity index (χ2v) is 4.61. The summed E-state index contributed by atoms with van der Waals surface area (Å²) < 4.78 is 10.9. The van der Waals surface area contributed by atoms with E-state index in [1.54, 1.807) is 0 Å². The van der Waals surface area contributed by atoms with Gasteiger partial charge in [-0.05, 0) is 26.2 Å². The molecule has 3 heteroatoms. The van der Waals surface area contributed by atoms with Crippen LogP contribution in [-0.4, -0.2) is 37.1 Å². The molecule has 2 aliphatic heterocycles. The van der Waals surface area contributed by atoms with Gasteiger partial charge in [-0.2, -0.15) is 0 Å². The molecule has 4 unspecified atom stereocenters. The van der Waals surface area contributed by atoms with Crippen LogP contribution in [0, 0.1) is 11.8 Å². The lowest BCUT2D eigenvalue weighted by Crippen LogP contribution is -2.35. The van der Waals surface area contributed by atoms with E-state index in [4.69, 9.17) is 9.47 Å². The van der Waals surface area contributed by atoms with E-state index in [9.17, 15) is 5.11 Å². The van der Waals surface area contributed by atoms with Gasteiger partial charge >= 0.3 is 0 Å². The SMILES string of the molecule is CC1CC(C(O)C2CCCOC2)CO1. The average molecular weight is 200 g/mol. The van der Waals surface area contributed by atoms with Crippen LogP contribution in [0.25, 0.3) is 0 Å². The van der Waals surface area contributed by atoms with Gasteiger partial charge in [0.05, 0.1) is 25.4 Å². The summed E-state index contributed by atoms with van der Waals surface area (Å²) in [4.78, 5) is 0. The van der Waals surface area contributed by atoms with Crippen molar-refractivity contribution in [2.45, 2.75) is 38.4 Å². The van der Waals surface area contributed by atoms with Crippen LogP contribution in [0.1, 0.15) is 26.2 Å². The number of aliphatic hydroxyl groups excluding tert-OH is 1. The zero-order chi connectivity index (χ0) is 9.97. The molecule has 2 heterocycles. The molecule has 0 bridgehead atoms. The molecule has 4 atom stereocenters. The molecular weight excluding hydrogens is 180 g/mol. The van der Waals surface area contributed by atoms with Gasteiger partial charge in [0.25, 0.3) is 0 Å². The molecule has 2 fully saturated rings. The van der Waals surface area contributed by atoms with Crippen molar-refractivity contribution in [3.8, 4) is 0 Å². The van der Waals surface area contributed by atoms with E-state index in [0.717, 1.165) is 39.1 Å². The molecule has 82 valence electrons. The maximum atomic E-state index is 10.1. The Balaban J connectivity index is 1.84. The second kappa shape index (κ2) is 4.60. The van der Waals surface area contributed by atoms with Crippen molar-refractivity contribution < 1.29 is 14.6 Å². The lowest BCUT2D eigenvalue weighted by atomic mass is 9.86. The summed E-state index contributed by atoms with van der Waals surface area (Å²) in [6.45, 7) is 4.38. The molecule has 0 amide bonds. The fourth-order valence-electron chi connectivity index (χ4n) is 2.51. The van der Waals surface area contributed by atoms with Crippen LogP contribution >= 0.6 is 0 Å². The summed E-state index contributed by atoms with van der Waals surface area (Å²) in [5.41, 5.74) is 0. The highest BCUT2D eigenvalue weighted by Gasteiger charge is 2.34. The number of ether oxygens (including phenoxy) is 2. The molecule has 0 aromatic rings. The normalized spacial score (nSPS) is 41.1. The fourth-order valence-corrected chi connectivity index (χ4v) is 2.51. The van der Waals surface area contributed by atoms with Gasteiger partial charge in [-0.3, -0.25) is 0 Å². The highest BCUT2D eigenvalue weighted by Crippen LogP contribution is 2.29. The Bertz CT molecular complexity index is 173. The predicted octanol–water partition coefficient (Wildman–Crippen LogP) is 1.20. The van der Waals surface area contributed by atoms with Gasteiger partial charge in [0.2, 0.25) is 0 Å².